The van der Waals surface area contributed by atoms with Gasteiger partial charge in [-0.25, -0.2) is 4.98 Å². The van der Waals surface area contributed by atoms with E-state index in [4.69, 9.17) is 0 Å². The van der Waals surface area contributed by atoms with Crippen molar-refractivity contribution in [3.8, 4) is 0 Å². The molecule has 0 bridgehead atoms. The topological polar surface area (TPSA) is 62.5 Å². The minimum atomic E-state index is -0.113. The van der Waals surface area contributed by atoms with Gasteiger partial charge >= 0.3 is 0 Å². The predicted octanol–water partition coefficient (Wildman–Crippen LogP) is 0.111. The first kappa shape index (κ1) is 13.1. The van der Waals surface area contributed by atoms with E-state index in [0.29, 0.717) is 4.96 Å². The molecule has 0 aromatic carbocycles. The van der Waals surface area contributed by atoms with Gasteiger partial charge in [-0.2, -0.15) is 9.61 Å². The van der Waals surface area contributed by atoms with Gasteiger partial charge < -0.3 is 5.32 Å². The summed E-state index contributed by atoms with van der Waals surface area (Å²) in [5.41, 5.74) is 0.622. The van der Waals surface area contributed by atoms with Crippen molar-refractivity contribution in [3.05, 3.63) is 27.1 Å². The summed E-state index contributed by atoms with van der Waals surface area (Å²) in [4.78, 5) is 18.9. The van der Waals surface area contributed by atoms with Crippen molar-refractivity contribution < 1.29 is 0 Å². The lowest BCUT2D eigenvalue weighted by atomic mass is 10.5. The molecule has 1 N–H and O–H groups in total. The lowest BCUT2D eigenvalue weighted by Crippen LogP contribution is -2.27. The van der Waals surface area contributed by atoms with E-state index in [2.05, 4.69) is 20.3 Å². The van der Waals surface area contributed by atoms with Gasteiger partial charge in [0.05, 0.1) is 6.54 Å². The molecule has 0 saturated carbocycles. The molecular formula is C11H17N5OS. The van der Waals surface area contributed by atoms with E-state index in [1.54, 1.807) is 0 Å². The Hall–Kier alpha value is -1.31. The average Bonchev–Trinajstić information content (AvgIpc) is 2.69. The Kier molecular flexibility index (Phi) is 4.05. The van der Waals surface area contributed by atoms with Crippen LogP contribution in [0.15, 0.2) is 10.9 Å². The van der Waals surface area contributed by atoms with Gasteiger partial charge in [-0.05, 0) is 21.0 Å². The van der Waals surface area contributed by atoms with Crippen LogP contribution in [0.4, 0.5) is 0 Å². The number of fused-ring (bicyclic) bond motifs is 1. The molecule has 0 amide bonds. The summed E-state index contributed by atoms with van der Waals surface area (Å²) in [7, 11) is 3.96. The Balaban J connectivity index is 2.20. The number of likely N-dealkylation sites (N-methyl/N-ethyl adjacent to an activating group) is 2. The van der Waals surface area contributed by atoms with Crippen LogP contribution in [0, 0.1) is 6.92 Å². The molecule has 0 aliphatic heterocycles. The van der Waals surface area contributed by atoms with Crippen LogP contribution in [0.25, 0.3) is 4.96 Å². The molecule has 2 aromatic rings. The first-order chi connectivity index (χ1) is 8.60. The first-order valence-electron chi connectivity index (χ1n) is 5.79. The molecule has 0 aliphatic rings. The van der Waals surface area contributed by atoms with Crippen molar-refractivity contribution in [1.29, 1.82) is 0 Å². The third-order valence-corrected chi connectivity index (χ3v) is 3.46. The number of aromatic nitrogens is 3. The van der Waals surface area contributed by atoms with E-state index in [9.17, 15) is 4.79 Å². The van der Waals surface area contributed by atoms with Crippen molar-refractivity contribution in [2.24, 2.45) is 0 Å². The Labute approximate surface area is 109 Å². The number of hydrogen-bond donors (Lipinski definition) is 1. The van der Waals surface area contributed by atoms with Crippen molar-refractivity contribution in [2.45, 2.75) is 13.5 Å². The normalized spacial score (nSPS) is 11.6. The van der Waals surface area contributed by atoms with E-state index in [0.717, 1.165) is 30.3 Å². The van der Waals surface area contributed by atoms with E-state index in [1.165, 1.54) is 21.9 Å². The van der Waals surface area contributed by atoms with Gasteiger partial charge in [-0.1, -0.05) is 11.3 Å². The lowest BCUT2D eigenvalue weighted by molar-refractivity contribution is 0.326. The first-order valence-corrected chi connectivity index (χ1v) is 6.61. The Morgan fingerprint density at radius 2 is 2.33 bits per heavy atom. The number of hydrogen-bond acceptors (Lipinski definition) is 6. The van der Waals surface area contributed by atoms with E-state index >= 15 is 0 Å². The number of nitrogens with one attached hydrogen (secondary N) is 1. The van der Waals surface area contributed by atoms with E-state index in [-0.39, 0.29) is 5.56 Å². The molecule has 2 heterocycles. The van der Waals surface area contributed by atoms with Gasteiger partial charge in [0.15, 0.2) is 0 Å². The Morgan fingerprint density at radius 3 is 3.06 bits per heavy atom. The zero-order valence-corrected chi connectivity index (χ0v) is 11.6. The summed E-state index contributed by atoms with van der Waals surface area (Å²) in [6.45, 7) is 4.42. The van der Waals surface area contributed by atoms with Crippen LogP contribution in [0.2, 0.25) is 0 Å². The largest absolute Gasteiger partial charge is 0.318 e. The average molecular weight is 267 g/mol. The lowest BCUT2D eigenvalue weighted by Gasteiger charge is -2.13. The molecule has 18 heavy (non-hydrogen) atoms. The van der Waals surface area contributed by atoms with Crippen LogP contribution in [0.3, 0.4) is 0 Å². The number of aryl methyl sites for hydroxylation is 1. The van der Waals surface area contributed by atoms with Crippen LogP contribution in [-0.2, 0) is 6.54 Å². The maximum absolute atomic E-state index is 11.7. The summed E-state index contributed by atoms with van der Waals surface area (Å²) < 4.78 is 1.37. The molecule has 2 rings (SSSR count). The second-order valence-electron chi connectivity index (χ2n) is 4.27. The minimum Gasteiger partial charge on any atom is -0.318 e. The zero-order chi connectivity index (χ0) is 13.1. The molecule has 98 valence electrons. The molecule has 0 spiro atoms. The van der Waals surface area contributed by atoms with Gasteiger partial charge in [0.25, 0.3) is 5.56 Å². The molecule has 0 saturated heterocycles. The van der Waals surface area contributed by atoms with Crippen molar-refractivity contribution in [1.82, 2.24) is 24.8 Å². The number of rotatable bonds is 5. The third-order valence-electron chi connectivity index (χ3n) is 2.56. The SMILES string of the molecule is CNCCN(C)Cc1nn2c(=O)cc(C)nc2s1. The summed E-state index contributed by atoms with van der Waals surface area (Å²) in [5.74, 6) is 0. The summed E-state index contributed by atoms with van der Waals surface area (Å²) in [6.07, 6.45) is 0. The van der Waals surface area contributed by atoms with Gasteiger partial charge in [-0.15, -0.1) is 0 Å². The standard InChI is InChI=1S/C11H17N5OS/c1-8-6-10(17)16-11(13-8)18-9(14-16)7-15(3)5-4-12-2/h6,12H,4-5,7H2,1-3H3. The summed E-state index contributed by atoms with van der Waals surface area (Å²) in [6, 6.07) is 1.50. The fourth-order valence-electron chi connectivity index (χ4n) is 1.64. The second kappa shape index (κ2) is 5.55. The third kappa shape index (κ3) is 2.92. The van der Waals surface area contributed by atoms with Crippen molar-refractivity contribution >= 4 is 16.3 Å². The fraction of sp³-hybridized carbons (Fsp3) is 0.545. The van der Waals surface area contributed by atoms with E-state index < -0.39 is 0 Å². The van der Waals surface area contributed by atoms with Crippen molar-refractivity contribution in [2.75, 3.05) is 27.2 Å². The smallest absolute Gasteiger partial charge is 0.275 e. The molecule has 0 radical (unpaired) electrons. The predicted molar refractivity (Wildman–Crippen MR) is 72.1 cm³/mol. The highest BCUT2D eigenvalue weighted by Crippen LogP contribution is 2.12. The Morgan fingerprint density at radius 1 is 1.56 bits per heavy atom. The summed E-state index contributed by atoms with van der Waals surface area (Å²) >= 11 is 1.47. The quantitative estimate of drug-likeness (QED) is 0.833. The van der Waals surface area contributed by atoms with Gasteiger partial charge in [-0.3, -0.25) is 9.69 Å². The maximum atomic E-state index is 11.7. The molecule has 6 nitrogen and oxygen atoms in total. The monoisotopic (exact) mass is 267 g/mol. The Bertz CT molecular complexity index is 591. The highest BCUT2D eigenvalue weighted by molar-refractivity contribution is 7.16. The minimum absolute atomic E-state index is 0.113. The van der Waals surface area contributed by atoms with Gasteiger partial charge in [0.2, 0.25) is 4.96 Å². The van der Waals surface area contributed by atoms with Crippen LogP contribution >= 0.6 is 11.3 Å². The fourth-order valence-corrected chi connectivity index (χ4v) is 2.66. The van der Waals surface area contributed by atoms with Crippen molar-refractivity contribution in [3.63, 3.8) is 0 Å². The highest BCUT2D eigenvalue weighted by atomic mass is 32.1. The van der Waals surface area contributed by atoms with Gasteiger partial charge in [0.1, 0.15) is 5.01 Å². The van der Waals surface area contributed by atoms with Crippen LogP contribution < -0.4 is 10.9 Å². The van der Waals surface area contributed by atoms with E-state index in [1.807, 2.05) is 21.0 Å². The van der Waals surface area contributed by atoms with Gasteiger partial charge in [0, 0.05) is 24.8 Å². The molecular weight excluding hydrogens is 250 g/mol. The molecule has 0 unspecified atom stereocenters. The molecule has 2 aromatic heterocycles. The molecule has 0 aliphatic carbocycles. The zero-order valence-electron chi connectivity index (χ0n) is 10.8. The highest BCUT2D eigenvalue weighted by Gasteiger charge is 2.09. The molecule has 7 heteroatoms. The van der Waals surface area contributed by atoms with Crippen LogP contribution in [0.1, 0.15) is 10.7 Å². The van der Waals surface area contributed by atoms with Crippen LogP contribution in [0.5, 0.6) is 0 Å². The number of nitrogens with zero attached hydrogens (tertiary/aromatic N) is 4. The summed E-state index contributed by atoms with van der Waals surface area (Å²) in [5, 5.41) is 8.31. The maximum Gasteiger partial charge on any atom is 0.275 e. The molecule has 0 atom stereocenters. The van der Waals surface area contributed by atoms with Crippen LogP contribution in [-0.4, -0.2) is 46.7 Å². The molecule has 0 fully saturated rings. The second-order valence-corrected chi connectivity index (χ2v) is 5.31.